The summed E-state index contributed by atoms with van der Waals surface area (Å²) in [6.45, 7) is 9.52. The Hall–Kier alpha value is -3.01. The van der Waals surface area contributed by atoms with E-state index in [-0.39, 0.29) is 5.91 Å². The van der Waals surface area contributed by atoms with E-state index in [9.17, 15) is 4.79 Å². The Labute approximate surface area is 184 Å². The van der Waals surface area contributed by atoms with Crippen molar-refractivity contribution < 1.29 is 13.9 Å². The predicted molar refractivity (Wildman–Crippen MR) is 126 cm³/mol. The second-order valence-electron chi connectivity index (χ2n) is 8.41. The van der Waals surface area contributed by atoms with Gasteiger partial charge in [-0.1, -0.05) is 30.3 Å². The predicted octanol–water partition coefficient (Wildman–Crippen LogP) is 6.61. The number of hydrogen-bond donors (Lipinski definition) is 0. The SMILES string of the molecule is CCOc1c(/C(C)=C/C(=O)N2CCCCC2C)cc2c(-c3ccccc3)coc2c1C. The van der Waals surface area contributed by atoms with Crippen LogP contribution in [-0.4, -0.2) is 30.0 Å². The highest BCUT2D eigenvalue weighted by atomic mass is 16.5. The van der Waals surface area contributed by atoms with Crippen molar-refractivity contribution in [2.24, 2.45) is 0 Å². The number of carbonyl (C=O) groups excluding carboxylic acids is 1. The Bertz CT molecular complexity index is 1110. The number of rotatable bonds is 5. The lowest BCUT2D eigenvalue weighted by atomic mass is 9.96. The summed E-state index contributed by atoms with van der Waals surface area (Å²) in [5.41, 5.74) is 5.81. The van der Waals surface area contributed by atoms with Crippen molar-refractivity contribution in [1.29, 1.82) is 0 Å². The van der Waals surface area contributed by atoms with E-state index in [0.29, 0.717) is 12.6 Å². The van der Waals surface area contributed by atoms with Crippen LogP contribution in [0.3, 0.4) is 0 Å². The van der Waals surface area contributed by atoms with Gasteiger partial charge in [0.05, 0.1) is 12.9 Å². The fourth-order valence-electron chi connectivity index (χ4n) is 4.55. The van der Waals surface area contributed by atoms with Gasteiger partial charge in [-0.15, -0.1) is 0 Å². The first-order chi connectivity index (χ1) is 15.0. The Morgan fingerprint density at radius 2 is 2.03 bits per heavy atom. The summed E-state index contributed by atoms with van der Waals surface area (Å²) in [6, 6.07) is 12.6. The minimum absolute atomic E-state index is 0.0837. The van der Waals surface area contributed by atoms with Crippen LogP contribution in [0.25, 0.3) is 27.7 Å². The van der Waals surface area contributed by atoms with Crippen LogP contribution in [0.4, 0.5) is 0 Å². The molecule has 4 nitrogen and oxygen atoms in total. The molecule has 4 heteroatoms. The number of carbonyl (C=O) groups is 1. The number of allylic oxidation sites excluding steroid dienone is 1. The Kier molecular flexibility index (Phi) is 6.17. The van der Waals surface area contributed by atoms with Crippen LogP contribution in [-0.2, 0) is 4.79 Å². The van der Waals surface area contributed by atoms with Gasteiger partial charge in [0.15, 0.2) is 0 Å². The first kappa shape index (κ1) is 21.2. The molecule has 1 fully saturated rings. The molecule has 1 aliphatic rings. The van der Waals surface area contributed by atoms with Crippen molar-refractivity contribution in [2.45, 2.75) is 53.0 Å². The second-order valence-corrected chi connectivity index (χ2v) is 8.41. The molecule has 162 valence electrons. The van der Waals surface area contributed by atoms with Gasteiger partial charge in [-0.05, 0) is 64.2 Å². The first-order valence-corrected chi connectivity index (χ1v) is 11.2. The summed E-state index contributed by atoms with van der Waals surface area (Å²) in [5.74, 6) is 0.873. The molecule has 1 atom stereocenters. The molecular formula is C27H31NO3. The number of fused-ring (bicyclic) bond motifs is 1. The van der Waals surface area contributed by atoms with Crippen LogP contribution in [0.15, 0.2) is 53.2 Å². The first-order valence-electron chi connectivity index (χ1n) is 11.2. The highest BCUT2D eigenvalue weighted by Crippen LogP contribution is 2.40. The summed E-state index contributed by atoms with van der Waals surface area (Å²) in [7, 11) is 0. The lowest BCUT2D eigenvalue weighted by molar-refractivity contribution is -0.129. The molecule has 0 bridgehead atoms. The van der Waals surface area contributed by atoms with Crippen LogP contribution in [0.1, 0.15) is 51.2 Å². The molecule has 1 saturated heterocycles. The molecule has 1 unspecified atom stereocenters. The molecule has 0 spiro atoms. The molecule has 1 amide bonds. The molecule has 2 aromatic carbocycles. The topological polar surface area (TPSA) is 42.7 Å². The minimum atomic E-state index is 0.0837. The van der Waals surface area contributed by atoms with Crippen molar-refractivity contribution in [3.8, 4) is 16.9 Å². The van der Waals surface area contributed by atoms with E-state index in [1.807, 2.05) is 50.1 Å². The number of hydrogen-bond acceptors (Lipinski definition) is 3. The Morgan fingerprint density at radius 3 is 2.74 bits per heavy atom. The smallest absolute Gasteiger partial charge is 0.247 e. The molecule has 0 aliphatic carbocycles. The minimum Gasteiger partial charge on any atom is -0.493 e. The zero-order valence-electron chi connectivity index (χ0n) is 18.9. The van der Waals surface area contributed by atoms with Crippen molar-refractivity contribution in [3.63, 3.8) is 0 Å². The van der Waals surface area contributed by atoms with E-state index in [1.165, 1.54) is 6.42 Å². The van der Waals surface area contributed by atoms with E-state index in [0.717, 1.165) is 63.9 Å². The molecule has 31 heavy (non-hydrogen) atoms. The van der Waals surface area contributed by atoms with Crippen LogP contribution in [0, 0.1) is 6.92 Å². The maximum absolute atomic E-state index is 13.0. The summed E-state index contributed by atoms with van der Waals surface area (Å²) in [5, 5.41) is 1.04. The third-order valence-corrected chi connectivity index (χ3v) is 6.27. The van der Waals surface area contributed by atoms with Crippen LogP contribution < -0.4 is 4.74 Å². The fraction of sp³-hybridized carbons (Fsp3) is 0.370. The zero-order chi connectivity index (χ0) is 22.0. The fourth-order valence-corrected chi connectivity index (χ4v) is 4.55. The van der Waals surface area contributed by atoms with E-state index in [1.54, 1.807) is 6.08 Å². The van der Waals surface area contributed by atoms with E-state index in [2.05, 4.69) is 25.1 Å². The average Bonchev–Trinajstić information content (AvgIpc) is 3.20. The van der Waals surface area contributed by atoms with Gasteiger partial charge in [0, 0.05) is 40.7 Å². The third-order valence-electron chi connectivity index (χ3n) is 6.27. The normalized spacial score (nSPS) is 17.2. The van der Waals surface area contributed by atoms with Crippen molar-refractivity contribution >= 4 is 22.4 Å². The Balaban J connectivity index is 1.81. The second kappa shape index (κ2) is 9.01. The van der Waals surface area contributed by atoms with Gasteiger partial charge in [-0.2, -0.15) is 0 Å². The third kappa shape index (κ3) is 4.12. The molecular weight excluding hydrogens is 386 g/mol. The van der Waals surface area contributed by atoms with Crippen LogP contribution >= 0.6 is 0 Å². The molecule has 1 aromatic heterocycles. The standard InChI is InChI=1S/C27H31NO3/c1-5-30-26-20(4)27-23(24(17-31-27)21-12-7-6-8-13-21)16-22(26)18(2)15-25(29)28-14-10-9-11-19(28)3/h6-8,12-13,15-17,19H,5,9-11,14H2,1-4H3/b18-15+. The molecule has 4 rings (SSSR count). The lowest BCUT2D eigenvalue weighted by Crippen LogP contribution is -2.41. The molecule has 0 radical (unpaired) electrons. The van der Waals surface area contributed by atoms with Crippen LogP contribution in [0.5, 0.6) is 5.75 Å². The van der Waals surface area contributed by atoms with Gasteiger partial charge < -0.3 is 14.1 Å². The van der Waals surface area contributed by atoms with Crippen LogP contribution in [0.2, 0.25) is 0 Å². The number of amides is 1. The van der Waals surface area contributed by atoms with Crippen molar-refractivity contribution in [1.82, 2.24) is 4.90 Å². The maximum Gasteiger partial charge on any atom is 0.247 e. The van der Waals surface area contributed by atoms with Gasteiger partial charge >= 0.3 is 0 Å². The Morgan fingerprint density at radius 1 is 1.26 bits per heavy atom. The molecule has 0 N–H and O–H groups in total. The summed E-state index contributed by atoms with van der Waals surface area (Å²) >= 11 is 0. The van der Waals surface area contributed by atoms with Gasteiger partial charge in [-0.25, -0.2) is 0 Å². The molecule has 3 aromatic rings. The van der Waals surface area contributed by atoms with Gasteiger partial charge in [-0.3, -0.25) is 4.79 Å². The lowest BCUT2D eigenvalue weighted by Gasteiger charge is -2.32. The number of benzene rings is 2. The van der Waals surface area contributed by atoms with Gasteiger partial charge in [0.25, 0.3) is 0 Å². The van der Waals surface area contributed by atoms with Gasteiger partial charge in [0.2, 0.25) is 5.91 Å². The molecule has 2 heterocycles. The van der Waals surface area contributed by atoms with Crippen molar-refractivity contribution in [2.75, 3.05) is 13.2 Å². The maximum atomic E-state index is 13.0. The number of piperidine rings is 1. The summed E-state index contributed by atoms with van der Waals surface area (Å²) in [4.78, 5) is 15.0. The van der Waals surface area contributed by atoms with E-state index in [4.69, 9.17) is 9.15 Å². The largest absolute Gasteiger partial charge is 0.493 e. The summed E-state index contributed by atoms with van der Waals surface area (Å²) in [6.07, 6.45) is 6.93. The number of nitrogens with zero attached hydrogens (tertiary/aromatic N) is 1. The number of aryl methyl sites for hydroxylation is 1. The highest BCUT2D eigenvalue weighted by molar-refractivity contribution is 6.01. The van der Waals surface area contributed by atoms with E-state index < -0.39 is 0 Å². The number of likely N-dealkylation sites (tertiary alicyclic amines) is 1. The monoisotopic (exact) mass is 417 g/mol. The van der Waals surface area contributed by atoms with Gasteiger partial charge in [0.1, 0.15) is 11.3 Å². The summed E-state index contributed by atoms with van der Waals surface area (Å²) < 4.78 is 12.0. The molecule has 1 aliphatic heterocycles. The quantitative estimate of drug-likeness (QED) is 0.439. The number of furan rings is 1. The zero-order valence-corrected chi connectivity index (χ0v) is 18.9. The average molecular weight is 418 g/mol. The van der Waals surface area contributed by atoms with E-state index >= 15 is 0 Å². The highest BCUT2D eigenvalue weighted by Gasteiger charge is 2.23. The van der Waals surface area contributed by atoms with Crippen molar-refractivity contribution in [3.05, 3.63) is 59.9 Å². The number of ether oxygens (including phenoxy) is 1. The molecule has 0 saturated carbocycles.